The number of carbonyl (C=O) groups is 2. The van der Waals surface area contributed by atoms with Gasteiger partial charge in [-0.25, -0.2) is 18.1 Å². The predicted octanol–water partition coefficient (Wildman–Crippen LogP) is 3.44. The van der Waals surface area contributed by atoms with Gasteiger partial charge in [-0.3, -0.25) is 9.78 Å². The molecule has 1 aromatic heterocycles. The molecule has 0 radical (unpaired) electrons. The zero-order valence-corrected chi connectivity index (χ0v) is 17.2. The second-order valence-electron chi connectivity index (χ2n) is 7.49. The minimum absolute atomic E-state index is 0.0221. The van der Waals surface area contributed by atoms with Crippen LogP contribution in [0.15, 0.2) is 47.5 Å². The molecule has 4 rings (SSSR count). The molecule has 11 heteroatoms. The molecule has 2 aliphatic rings. The third-order valence-electron chi connectivity index (χ3n) is 5.56. The van der Waals surface area contributed by atoms with E-state index in [0.717, 1.165) is 40.4 Å². The summed E-state index contributed by atoms with van der Waals surface area (Å²) >= 11 is 0. The third kappa shape index (κ3) is 3.36. The van der Waals surface area contributed by atoms with Gasteiger partial charge in [-0.2, -0.15) is 13.2 Å². The Kier molecular flexibility index (Phi) is 4.84. The van der Waals surface area contributed by atoms with E-state index in [4.69, 9.17) is 0 Å². The quantitative estimate of drug-likeness (QED) is 0.648. The van der Waals surface area contributed by atoms with E-state index in [9.17, 15) is 31.2 Å². The number of anilines is 1. The fourth-order valence-electron chi connectivity index (χ4n) is 3.67. The van der Waals surface area contributed by atoms with Crippen LogP contribution in [0.3, 0.4) is 0 Å². The van der Waals surface area contributed by atoms with Crippen molar-refractivity contribution in [1.82, 2.24) is 9.88 Å². The van der Waals surface area contributed by atoms with Gasteiger partial charge in [0.15, 0.2) is 0 Å². The topological polar surface area (TPSA) is 87.7 Å². The first kappa shape index (κ1) is 21.3. The number of aromatic nitrogens is 1. The zero-order valence-electron chi connectivity index (χ0n) is 16.4. The zero-order chi connectivity index (χ0) is 22.6. The summed E-state index contributed by atoms with van der Waals surface area (Å²) in [5.41, 5.74) is -4.73. The van der Waals surface area contributed by atoms with Crippen molar-refractivity contribution >= 4 is 27.5 Å². The van der Waals surface area contributed by atoms with Crippen molar-refractivity contribution in [3.8, 4) is 0 Å². The number of nitrogens with zero attached hydrogens (tertiary/aromatic N) is 3. The summed E-state index contributed by atoms with van der Waals surface area (Å²) in [5.74, 6) is -0.464. The monoisotopic (exact) mass is 453 g/mol. The van der Waals surface area contributed by atoms with Crippen molar-refractivity contribution in [2.75, 3.05) is 4.90 Å². The van der Waals surface area contributed by atoms with Gasteiger partial charge in [0.05, 0.1) is 10.6 Å². The Morgan fingerprint density at radius 2 is 1.74 bits per heavy atom. The van der Waals surface area contributed by atoms with Crippen molar-refractivity contribution in [1.29, 1.82) is 0 Å². The summed E-state index contributed by atoms with van der Waals surface area (Å²) in [4.78, 5) is 31.7. The SMILES string of the molecule is CCc1cc(CN2C(=O)N(c3ccc(S(=O)(=O)C(F)(F)F)cc3)C(=O)C23CC3)ccn1. The van der Waals surface area contributed by atoms with Gasteiger partial charge in [0.25, 0.3) is 15.7 Å². The van der Waals surface area contributed by atoms with Gasteiger partial charge in [0, 0.05) is 18.4 Å². The number of hydrogen-bond donors (Lipinski definition) is 0. The highest BCUT2D eigenvalue weighted by atomic mass is 32.2. The molecule has 1 saturated carbocycles. The number of aryl methyl sites for hydroxylation is 1. The third-order valence-corrected chi connectivity index (χ3v) is 7.06. The molecule has 1 aliphatic heterocycles. The van der Waals surface area contributed by atoms with Crippen LogP contribution in [-0.4, -0.2) is 41.3 Å². The van der Waals surface area contributed by atoms with Crippen LogP contribution < -0.4 is 4.90 Å². The number of halogens is 3. The van der Waals surface area contributed by atoms with Crippen LogP contribution in [0.5, 0.6) is 0 Å². The minimum atomic E-state index is -5.52. The number of imide groups is 1. The first-order valence-corrected chi connectivity index (χ1v) is 11.0. The molecule has 1 spiro atoms. The van der Waals surface area contributed by atoms with Crippen molar-refractivity contribution in [3.05, 3.63) is 53.9 Å². The maximum atomic E-state index is 13.1. The molecule has 2 aromatic rings. The number of carbonyl (C=O) groups excluding carboxylic acids is 2. The maximum absolute atomic E-state index is 13.1. The molecule has 0 atom stereocenters. The molecule has 2 heterocycles. The molecular weight excluding hydrogens is 435 g/mol. The Balaban J connectivity index is 1.63. The van der Waals surface area contributed by atoms with E-state index in [2.05, 4.69) is 4.98 Å². The number of sulfone groups is 1. The largest absolute Gasteiger partial charge is 0.501 e. The molecule has 1 saturated heterocycles. The number of amides is 3. The molecule has 0 bridgehead atoms. The highest BCUT2D eigenvalue weighted by Gasteiger charge is 2.65. The number of pyridine rings is 1. The lowest BCUT2D eigenvalue weighted by Gasteiger charge is -2.21. The summed E-state index contributed by atoms with van der Waals surface area (Å²) in [5, 5.41) is 0. The lowest BCUT2D eigenvalue weighted by atomic mass is 10.1. The van der Waals surface area contributed by atoms with Crippen LogP contribution in [0.2, 0.25) is 0 Å². The fourth-order valence-corrected chi connectivity index (χ4v) is 4.44. The average molecular weight is 453 g/mol. The van der Waals surface area contributed by atoms with Crippen molar-refractivity contribution < 1.29 is 31.2 Å². The average Bonchev–Trinajstić information content (AvgIpc) is 3.50. The Labute approximate surface area is 176 Å². The smallest absolute Gasteiger partial charge is 0.305 e. The van der Waals surface area contributed by atoms with Crippen LogP contribution in [-0.2, 0) is 27.6 Å². The van der Waals surface area contributed by atoms with Gasteiger partial charge in [0.2, 0.25) is 0 Å². The fraction of sp³-hybridized carbons (Fsp3) is 0.350. The first-order valence-electron chi connectivity index (χ1n) is 9.52. The number of hydrogen-bond acceptors (Lipinski definition) is 5. The highest BCUT2D eigenvalue weighted by Crippen LogP contribution is 2.49. The number of alkyl halides is 3. The normalized spacial score (nSPS) is 18.2. The van der Waals surface area contributed by atoms with Crippen molar-refractivity contribution in [2.24, 2.45) is 0 Å². The van der Waals surface area contributed by atoms with Gasteiger partial charge < -0.3 is 4.90 Å². The van der Waals surface area contributed by atoms with E-state index in [1.54, 1.807) is 12.3 Å². The summed E-state index contributed by atoms with van der Waals surface area (Å²) in [6, 6.07) is 6.59. The van der Waals surface area contributed by atoms with Crippen LogP contribution >= 0.6 is 0 Å². The molecule has 0 N–H and O–H groups in total. The molecular formula is C20H18F3N3O4S. The summed E-state index contributed by atoms with van der Waals surface area (Å²) in [7, 11) is -5.52. The van der Waals surface area contributed by atoms with Gasteiger partial charge in [-0.15, -0.1) is 0 Å². The lowest BCUT2D eigenvalue weighted by molar-refractivity contribution is -0.120. The first-order chi connectivity index (χ1) is 14.5. The van der Waals surface area contributed by atoms with E-state index in [-0.39, 0.29) is 12.2 Å². The molecule has 3 amide bonds. The molecule has 31 heavy (non-hydrogen) atoms. The highest BCUT2D eigenvalue weighted by molar-refractivity contribution is 7.92. The molecule has 1 aromatic carbocycles. The van der Waals surface area contributed by atoms with E-state index in [0.29, 0.717) is 19.3 Å². The molecule has 1 aliphatic carbocycles. The summed E-state index contributed by atoms with van der Waals surface area (Å²) in [6.07, 6.45) is 3.32. The molecule has 164 valence electrons. The van der Waals surface area contributed by atoms with Gasteiger partial charge >= 0.3 is 11.5 Å². The van der Waals surface area contributed by atoms with Crippen LogP contribution in [0, 0.1) is 0 Å². The number of rotatable bonds is 5. The van der Waals surface area contributed by atoms with Gasteiger partial charge in [0.1, 0.15) is 5.54 Å². The molecule has 0 unspecified atom stereocenters. The van der Waals surface area contributed by atoms with E-state index >= 15 is 0 Å². The van der Waals surface area contributed by atoms with E-state index in [1.165, 1.54) is 4.90 Å². The minimum Gasteiger partial charge on any atom is -0.305 e. The number of urea groups is 1. The Morgan fingerprint density at radius 1 is 1.10 bits per heavy atom. The van der Waals surface area contributed by atoms with E-state index in [1.807, 2.05) is 13.0 Å². The van der Waals surface area contributed by atoms with Crippen LogP contribution in [0.1, 0.15) is 31.0 Å². The Hall–Kier alpha value is -2.95. The van der Waals surface area contributed by atoms with Crippen molar-refractivity contribution in [2.45, 2.75) is 48.7 Å². The summed E-state index contributed by atoms with van der Waals surface area (Å²) < 4.78 is 61.3. The van der Waals surface area contributed by atoms with Gasteiger partial charge in [-0.05, 0) is 61.2 Å². The predicted molar refractivity (Wildman–Crippen MR) is 104 cm³/mol. The molecule has 2 fully saturated rings. The molecule has 7 nitrogen and oxygen atoms in total. The Morgan fingerprint density at radius 3 is 2.29 bits per heavy atom. The van der Waals surface area contributed by atoms with Crippen LogP contribution in [0.4, 0.5) is 23.7 Å². The van der Waals surface area contributed by atoms with E-state index < -0.39 is 37.7 Å². The Bertz CT molecular complexity index is 1160. The summed E-state index contributed by atoms with van der Waals surface area (Å²) in [6.45, 7) is 2.14. The standard InChI is InChI=1S/C20H18F3N3O4S/c1-2-14-11-13(7-10-24-14)12-25-18(28)26(17(27)19(25)8-9-19)15-3-5-16(6-4-15)31(29,30)20(21,22)23/h3-7,10-11H,2,8-9,12H2,1H3. The second-order valence-corrected chi connectivity index (χ2v) is 9.43. The van der Waals surface area contributed by atoms with Crippen molar-refractivity contribution in [3.63, 3.8) is 0 Å². The van der Waals surface area contributed by atoms with Gasteiger partial charge in [-0.1, -0.05) is 6.92 Å². The number of benzene rings is 1. The maximum Gasteiger partial charge on any atom is 0.501 e. The van der Waals surface area contributed by atoms with Crippen LogP contribution in [0.25, 0.3) is 0 Å². The second kappa shape index (κ2) is 7.04. The lowest BCUT2D eigenvalue weighted by Crippen LogP contribution is -2.36.